The number of carbonyl (C=O) groups is 1. The molecule has 0 spiro atoms. The molecular weight excluding hydrogens is 248 g/mol. The Morgan fingerprint density at radius 1 is 1.69 bits per heavy atom. The number of alkyl halides is 2. The van der Waals surface area contributed by atoms with E-state index in [0.29, 0.717) is 10.2 Å². The molecule has 1 N–H and O–H groups in total. The van der Waals surface area contributed by atoms with E-state index in [0.717, 1.165) is 0 Å². The largest absolute Gasteiger partial charge is 0.457 e. The van der Waals surface area contributed by atoms with E-state index in [2.05, 4.69) is 15.9 Å². The van der Waals surface area contributed by atoms with Crippen molar-refractivity contribution in [1.82, 2.24) is 5.32 Å². The van der Waals surface area contributed by atoms with Crippen molar-refractivity contribution in [3.8, 4) is 0 Å². The highest BCUT2D eigenvalue weighted by atomic mass is 79.9. The van der Waals surface area contributed by atoms with Gasteiger partial charge in [-0.15, -0.1) is 0 Å². The molecule has 0 aliphatic heterocycles. The maximum absolute atomic E-state index is 11.7. The summed E-state index contributed by atoms with van der Waals surface area (Å²) in [5, 5.41) is 2.04. The molecule has 0 saturated carbocycles. The van der Waals surface area contributed by atoms with E-state index in [9.17, 15) is 13.6 Å². The van der Waals surface area contributed by atoms with Gasteiger partial charge in [0.05, 0.1) is 6.26 Å². The molecule has 1 aromatic rings. The van der Waals surface area contributed by atoms with E-state index in [1.165, 1.54) is 6.26 Å². The first kappa shape index (κ1) is 10.2. The van der Waals surface area contributed by atoms with Gasteiger partial charge in [0, 0.05) is 12.1 Å². The SMILES string of the molecule is O=C(NCc1coc(Br)c1)C(F)F. The number of halogens is 3. The smallest absolute Gasteiger partial charge is 0.315 e. The molecule has 1 aromatic heterocycles. The van der Waals surface area contributed by atoms with E-state index in [-0.39, 0.29) is 6.54 Å². The third kappa shape index (κ3) is 3.14. The molecule has 0 radical (unpaired) electrons. The first-order chi connectivity index (χ1) is 6.09. The van der Waals surface area contributed by atoms with Crippen LogP contribution in [0.25, 0.3) is 0 Å². The molecule has 0 unspecified atom stereocenters. The summed E-state index contributed by atoms with van der Waals surface area (Å²) in [5.74, 6) is -1.28. The van der Waals surface area contributed by atoms with Gasteiger partial charge in [-0.25, -0.2) is 0 Å². The lowest BCUT2D eigenvalue weighted by Crippen LogP contribution is -2.28. The van der Waals surface area contributed by atoms with Gasteiger partial charge in [-0.2, -0.15) is 8.78 Å². The average Bonchev–Trinajstić information content (AvgIpc) is 2.47. The second-order valence-electron chi connectivity index (χ2n) is 2.28. The average molecular weight is 254 g/mol. The van der Waals surface area contributed by atoms with Crippen LogP contribution in [0.2, 0.25) is 0 Å². The van der Waals surface area contributed by atoms with Crippen LogP contribution in [-0.4, -0.2) is 12.3 Å². The summed E-state index contributed by atoms with van der Waals surface area (Å²) >= 11 is 3.04. The first-order valence-electron chi connectivity index (χ1n) is 3.38. The summed E-state index contributed by atoms with van der Waals surface area (Å²) in [5.41, 5.74) is 0.626. The van der Waals surface area contributed by atoms with E-state index in [4.69, 9.17) is 4.42 Å². The first-order valence-corrected chi connectivity index (χ1v) is 4.17. The fourth-order valence-electron chi connectivity index (χ4n) is 0.705. The lowest BCUT2D eigenvalue weighted by atomic mass is 10.3. The fraction of sp³-hybridized carbons (Fsp3) is 0.286. The predicted octanol–water partition coefficient (Wildman–Crippen LogP) is 1.92. The number of amides is 1. The molecule has 0 bridgehead atoms. The quantitative estimate of drug-likeness (QED) is 0.895. The third-order valence-electron chi connectivity index (χ3n) is 1.29. The number of hydrogen-bond acceptors (Lipinski definition) is 2. The molecule has 72 valence electrons. The van der Waals surface area contributed by atoms with Gasteiger partial charge in [0.15, 0.2) is 4.67 Å². The van der Waals surface area contributed by atoms with Crippen molar-refractivity contribution < 1.29 is 18.0 Å². The fourth-order valence-corrected chi connectivity index (χ4v) is 1.09. The van der Waals surface area contributed by atoms with Crippen LogP contribution in [0.4, 0.5) is 8.78 Å². The van der Waals surface area contributed by atoms with Gasteiger partial charge >= 0.3 is 6.43 Å². The third-order valence-corrected chi connectivity index (χ3v) is 1.70. The molecule has 1 amide bonds. The van der Waals surface area contributed by atoms with E-state index in [1.807, 2.05) is 5.32 Å². The summed E-state index contributed by atoms with van der Waals surface area (Å²) in [6.45, 7) is 0.0400. The van der Waals surface area contributed by atoms with Gasteiger partial charge in [0.1, 0.15) is 0 Å². The maximum Gasteiger partial charge on any atom is 0.315 e. The summed E-state index contributed by atoms with van der Waals surface area (Å²) in [6.07, 6.45) is -1.61. The Hall–Kier alpha value is -0.910. The topological polar surface area (TPSA) is 42.2 Å². The van der Waals surface area contributed by atoms with Crippen LogP contribution < -0.4 is 5.32 Å². The van der Waals surface area contributed by atoms with Crippen LogP contribution in [0.1, 0.15) is 5.56 Å². The van der Waals surface area contributed by atoms with E-state index < -0.39 is 12.3 Å². The van der Waals surface area contributed by atoms with Crippen molar-refractivity contribution in [2.45, 2.75) is 13.0 Å². The molecule has 1 heterocycles. The second-order valence-corrected chi connectivity index (χ2v) is 3.06. The van der Waals surface area contributed by atoms with E-state index >= 15 is 0 Å². The van der Waals surface area contributed by atoms with Gasteiger partial charge in [0.25, 0.3) is 5.91 Å². The molecule has 6 heteroatoms. The van der Waals surface area contributed by atoms with Crippen LogP contribution in [-0.2, 0) is 11.3 Å². The summed E-state index contributed by atoms with van der Waals surface area (Å²) in [6, 6.07) is 1.59. The second kappa shape index (κ2) is 4.36. The van der Waals surface area contributed by atoms with Gasteiger partial charge in [0.2, 0.25) is 0 Å². The zero-order valence-corrected chi connectivity index (χ0v) is 7.98. The highest BCUT2D eigenvalue weighted by molar-refractivity contribution is 9.10. The standard InChI is InChI=1S/C7H6BrF2NO2/c8-5-1-4(3-13-5)2-11-7(12)6(9)10/h1,3,6H,2H2,(H,11,12). The normalized spacial score (nSPS) is 10.5. The summed E-state index contributed by atoms with van der Waals surface area (Å²) in [4.78, 5) is 10.4. The van der Waals surface area contributed by atoms with Gasteiger partial charge in [-0.1, -0.05) is 0 Å². The Balaban J connectivity index is 2.39. The van der Waals surface area contributed by atoms with Crippen molar-refractivity contribution in [1.29, 1.82) is 0 Å². The molecular formula is C7H6BrF2NO2. The van der Waals surface area contributed by atoms with Crippen LogP contribution in [0.5, 0.6) is 0 Å². The van der Waals surface area contributed by atoms with Gasteiger partial charge in [-0.3, -0.25) is 4.79 Å². The van der Waals surface area contributed by atoms with Crippen molar-refractivity contribution in [3.05, 3.63) is 22.6 Å². The molecule has 3 nitrogen and oxygen atoms in total. The number of furan rings is 1. The lowest BCUT2D eigenvalue weighted by molar-refractivity contribution is -0.131. The maximum atomic E-state index is 11.7. The molecule has 0 aromatic carbocycles. The van der Waals surface area contributed by atoms with Gasteiger partial charge in [-0.05, 0) is 22.0 Å². The Bertz CT molecular complexity index is 300. The lowest BCUT2D eigenvalue weighted by Gasteiger charge is -2.00. The zero-order chi connectivity index (χ0) is 9.84. The Morgan fingerprint density at radius 3 is 2.85 bits per heavy atom. The molecule has 0 saturated heterocycles. The highest BCUT2D eigenvalue weighted by Crippen LogP contribution is 2.13. The molecule has 0 aliphatic carbocycles. The summed E-state index contributed by atoms with van der Waals surface area (Å²) < 4.78 is 28.7. The molecule has 0 aliphatic rings. The number of hydrogen-bond donors (Lipinski definition) is 1. The molecule has 1 rings (SSSR count). The highest BCUT2D eigenvalue weighted by Gasteiger charge is 2.14. The van der Waals surface area contributed by atoms with Crippen molar-refractivity contribution in [3.63, 3.8) is 0 Å². The monoisotopic (exact) mass is 253 g/mol. The van der Waals surface area contributed by atoms with Crippen LogP contribution in [0, 0.1) is 0 Å². The molecule has 0 fully saturated rings. The number of carbonyl (C=O) groups excluding carboxylic acids is 1. The predicted molar refractivity (Wildman–Crippen MR) is 44.3 cm³/mol. The van der Waals surface area contributed by atoms with E-state index in [1.54, 1.807) is 6.07 Å². The van der Waals surface area contributed by atoms with Crippen molar-refractivity contribution >= 4 is 21.8 Å². The Labute approximate surface area is 81.2 Å². The minimum Gasteiger partial charge on any atom is -0.457 e. The van der Waals surface area contributed by atoms with Crippen molar-refractivity contribution in [2.75, 3.05) is 0 Å². The van der Waals surface area contributed by atoms with Crippen LogP contribution in [0.3, 0.4) is 0 Å². The van der Waals surface area contributed by atoms with Crippen LogP contribution >= 0.6 is 15.9 Å². The minimum atomic E-state index is -2.98. The summed E-state index contributed by atoms with van der Waals surface area (Å²) in [7, 11) is 0. The number of rotatable bonds is 3. The number of nitrogens with one attached hydrogen (secondary N) is 1. The van der Waals surface area contributed by atoms with Crippen molar-refractivity contribution in [2.24, 2.45) is 0 Å². The molecule has 0 atom stereocenters. The molecule has 13 heavy (non-hydrogen) atoms. The minimum absolute atomic E-state index is 0.0400. The zero-order valence-electron chi connectivity index (χ0n) is 6.39. The van der Waals surface area contributed by atoms with Crippen LogP contribution in [0.15, 0.2) is 21.4 Å². The van der Waals surface area contributed by atoms with Gasteiger partial charge < -0.3 is 9.73 Å². The Kier molecular flexibility index (Phi) is 3.41. The Morgan fingerprint density at radius 2 is 2.38 bits per heavy atom.